The van der Waals surface area contributed by atoms with Crippen LogP contribution in [0.25, 0.3) is 0 Å². The Kier molecular flexibility index (Phi) is 4.86. The standard InChI is InChI=1S/C6H6O3S.C5H8N2/c7-10(8,9)6-4-2-1-3-5-6;1-2-5-6-3-4-7-5/h1-5H,(H,7,8,9);3-4H,2H2,1H3,(H,6,7). The van der Waals surface area contributed by atoms with Gasteiger partial charge in [0.2, 0.25) is 0 Å². The molecule has 0 radical (unpaired) electrons. The minimum atomic E-state index is -4.00. The molecule has 0 atom stereocenters. The van der Waals surface area contributed by atoms with E-state index >= 15 is 0 Å². The van der Waals surface area contributed by atoms with Gasteiger partial charge in [-0.15, -0.1) is 0 Å². The van der Waals surface area contributed by atoms with Gasteiger partial charge in [-0.2, -0.15) is 8.42 Å². The van der Waals surface area contributed by atoms with Gasteiger partial charge in [-0.3, -0.25) is 4.55 Å². The van der Waals surface area contributed by atoms with Crippen molar-refractivity contribution in [2.45, 2.75) is 18.2 Å². The van der Waals surface area contributed by atoms with E-state index in [1.807, 2.05) is 6.20 Å². The van der Waals surface area contributed by atoms with Crippen molar-refractivity contribution in [2.24, 2.45) is 0 Å². The fraction of sp³-hybridized carbons (Fsp3) is 0.182. The highest BCUT2D eigenvalue weighted by Crippen LogP contribution is 2.05. The van der Waals surface area contributed by atoms with E-state index in [2.05, 4.69) is 16.9 Å². The van der Waals surface area contributed by atoms with Gasteiger partial charge >= 0.3 is 0 Å². The van der Waals surface area contributed by atoms with Crippen molar-refractivity contribution in [3.05, 3.63) is 48.5 Å². The summed E-state index contributed by atoms with van der Waals surface area (Å²) in [4.78, 5) is 6.88. The summed E-state index contributed by atoms with van der Waals surface area (Å²) in [5.74, 6) is 1.06. The molecule has 5 nitrogen and oxygen atoms in total. The highest BCUT2D eigenvalue weighted by Gasteiger charge is 2.05. The third-order valence-corrected chi connectivity index (χ3v) is 2.80. The van der Waals surface area contributed by atoms with Crippen LogP contribution in [-0.2, 0) is 16.5 Å². The Hall–Kier alpha value is -1.66. The lowest BCUT2D eigenvalue weighted by atomic mass is 10.4. The quantitative estimate of drug-likeness (QED) is 0.802. The lowest BCUT2D eigenvalue weighted by Crippen LogP contribution is -1.96. The number of H-pyrrole nitrogens is 1. The highest BCUT2D eigenvalue weighted by atomic mass is 32.2. The number of imidazole rings is 1. The minimum Gasteiger partial charge on any atom is -0.349 e. The zero-order chi connectivity index (χ0) is 12.7. The van der Waals surface area contributed by atoms with Gasteiger partial charge in [-0.05, 0) is 12.1 Å². The van der Waals surface area contributed by atoms with Gasteiger partial charge in [0.1, 0.15) is 5.82 Å². The molecule has 0 aliphatic rings. The zero-order valence-corrected chi connectivity index (χ0v) is 10.2. The summed E-state index contributed by atoms with van der Waals surface area (Å²) in [6, 6.07) is 7.42. The maximum atomic E-state index is 10.4. The van der Waals surface area contributed by atoms with Crippen LogP contribution in [0.3, 0.4) is 0 Å². The molecule has 0 spiro atoms. The van der Waals surface area contributed by atoms with Gasteiger partial charge in [0.05, 0.1) is 4.90 Å². The monoisotopic (exact) mass is 254 g/mol. The number of aromatic nitrogens is 2. The number of rotatable bonds is 2. The molecule has 1 aromatic carbocycles. The summed E-state index contributed by atoms with van der Waals surface area (Å²) in [5.41, 5.74) is 0. The smallest absolute Gasteiger partial charge is 0.294 e. The fourth-order valence-corrected chi connectivity index (χ4v) is 1.58. The van der Waals surface area contributed by atoms with E-state index in [4.69, 9.17) is 4.55 Å². The fourth-order valence-electron chi connectivity index (χ4n) is 1.08. The van der Waals surface area contributed by atoms with Crippen molar-refractivity contribution in [2.75, 3.05) is 0 Å². The van der Waals surface area contributed by atoms with Crippen molar-refractivity contribution in [3.8, 4) is 0 Å². The summed E-state index contributed by atoms with van der Waals surface area (Å²) in [7, 11) is -4.00. The maximum Gasteiger partial charge on any atom is 0.294 e. The molecule has 0 bridgehead atoms. The number of nitrogens with zero attached hydrogens (tertiary/aromatic N) is 1. The zero-order valence-electron chi connectivity index (χ0n) is 9.37. The van der Waals surface area contributed by atoms with Crippen LogP contribution in [0.2, 0.25) is 0 Å². The third kappa shape index (κ3) is 4.80. The van der Waals surface area contributed by atoms with Crippen LogP contribution < -0.4 is 0 Å². The first-order valence-corrected chi connectivity index (χ1v) is 6.49. The average Bonchev–Trinajstić information content (AvgIpc) is 2.83. The first-order valence-electron chi connectivity index (χ1n) is 5.05. The van der Waals surface area contributed by atoms with Crippen molar-refractivity contribution in [3.63, 3.8) is 0 Å². The second-order valence-corrected chi connectivity index (χ2v) is 4.60. The number of aryl methyl sites for hydroxylation is 1. The normalized spacial score (nSPS) is 10.5. The molecule has 2 rings (SSSR count). The number of aromatic amines is 1. The van der Waals surface area contributed by atoms with Crippen LogP contribution in [0, 0.1) is 0 Å². The topological polar surface area (TPSA) is 83.0 Å². The SMILES string of the molecule is CCc1ncc[nH]1.O=S(=O)(O)c1ccccc1. The summed E-state index contributed by atoms with van der Waals surface area (Å²) in [5, 5.41) is 0. The Balaban J connectivity index is 0.000000181. The third-order valence-electron chi connectivity index (χ3n) is 1.93. The van der Waals surface area contributed by atoms with Crippen LogP contribution >= 0.6 is 0 Å². The minimum absolute atomic E-state index is 0.0741. The van der Waals surface area contributed by atoms with Gasteiger partial charge in [0, 0.05) is 18.8 Å². The van der Waals surface area contributed by atoms with E-state index in [-0.39, 0.29) is 4.90 Å². The molecular formula is C11H14N2O3S. The molecule has 6 heteroatoms. The molecule has 0 aliphatic carbocycles. The largest absolute Gasteiger partial charge is 0.349 e. The molecule has 0 unspecified atom stereocenters. The first-order chi connectivity index (χ1) is 8.04. The van der Waals surface area contributed by atoms with Crippen LogP contribution in [0.15, 0.2) is 47.6 Å². The van der Waals surface area contributed by atoms with Gasteiger partial charge in [-0.25, -0.2) is 4.98 Å². The molecule has 0 fully saturated rings. The summed E-state index contributed by atoms with van der Waals surface area (Å²) < 4.78 is 29.2. The van der Waals surface area contributed by atoms with Crippen LogP contribution in [-0.4, -0.2) is 22.9 Å². The molecule has 0 saturated heterocycles. The first kappa shape index (κ1) is 13.4. The second kappa shape index (κ2) is 6.17. The van der Waals surface area contributed by atoms with Crippen molar-refractivity contribution >= 4 is 10.1 Å². The maximum absolute atomic E-state index is 10.4. The molecule has 1 heterocycles. The van der Waals surface area contributed by atoms with E-state index < -0.39 is 10.1 Å². The second-order valence-electron chi connectivity index (χ2n) is 3.18. The number of hydrogen-bond donors (Lipinski definition) is 2. The van der Waals surface area contributed by atoms with Gasteiger partial charge in [0.25, 0.3) is 10.1 Å². The lowest BCUT2D eigenvalue weighted by molar-refractivity contribution is 0.483. The summed E-state index contributed by atoms with van der Waals surface area (Å²) in [6.07, 6.45) is 4.59. The van der Waals surface area contributed by atoms with Crippen molar-refractivity contribution < 1.29 is 13.0 Å². The predicted molar refractivity (Wildman–Crippen MR) is 64.2 cm³/mol. The Morgan fingerprint density at radius 3 is 2.24 bits per heavy atom. The molecule has 0 aliphatic heterocycles. The number of nitrogens with one attached hydrogen (secondary N) is 1. The molecule has 2 N–H and O–H groups in total. The summed E-state index contributed by atoms with van der Waals surface area (Å²) in [6.45, 7) is 2.07. The Morgan fingerprint density at radius 1 is 1.29 bits per heavy atom. The van der Waals surface area contributed by atoms with E-state index in [9.17, 15) is 8.42 Å². The summed E-state index contributed by atoms with van der Waals surface area (Å²) >= 11 is 0. The Bertz CT molecular complexity index is 521. The molecule has 17 heavy (non-hydrogen) atoms. The average molecular weight is 254 g/mol. The number of hydrogen-bond acceptors (Lipinski definition) is 3. The number of benzene rings is 1. The van der Waals surface area contributed by atoms with E-state index in [0.717, 1.165) is 12.2 Å². The Labute approximate surface area is 100 Å². The molecule has 0 amide bonds. The van der Waals surface area contributed by atoms with Crippen molar-refractivity contribution in [1.29, 1.82) is 0 Å². The van der Waals surface area contributed by atoms with Gasteiger partial charge in [-0.1, -0.05) is 25.1 Å². The van der Waals surface area contributed by atoms with Crippen molar-refractivity contribution in [1.82, 2.24) is 9.97 Å². The molecular weight excluding hydrogens is 240 g/mol. The Morgan fingerprint density at radius 2 is 1.94 bits per heavy atom. The van der Waals surface area contributed by atoms with Crippen LogP contribution in [0.1, 0.15) is 12.7 Å². The molecule has 1 aromatic heterocycles. The van der Waals surface area contributed by atoms with Gasteiger partial charge < -0.3 is 4.98 Å². The lowest BCUT2D eigenvalue weighted by Gasteiger charge is -1.92. The van der Waals surface area contributed by atoms with E-state index in [1.54, 1.807) is 24.4 Å². The van der Waals surface area contributed by atoms with E-state index in [1.165, 1.54) is 12.1 Å². The predicted octanol–water partition coefficient (Wildman–Crippen LogP) is 1.91. The highest BCUT2D eigenvalue weighted by molar-refractivity contribution is 7.85. The van der Waals surface area contributed by atoms with Crippen LogP contribution in [0.5, 0.6) is 0 Å². The molecule has 0 saturated carbocycles. The van der Waals surface area contributed by atoms with Crippen LogP contribution in [0.4, 0.5) is 0 Å². The van der Waals surface area contributed by atoms with Gasteiger partial charge in [0.15, 0.2) is 0 Å². The van der Waals surface area contributed by atoms with E-state index in [0.29, 0.717) is 0 Å². The molecule has 2 aromatic rings. The molecule has 92 valence electrons.